The van der Waals surface area contributed by atoms with E-state index in [9.17, 15) is 26.4 Å². The Morgan fingerprint density at radius 2 is 1.02 bits per heavy atom. The van der Waals surface area contributed by atoms with Gasteiger partial charge in [-0.25, -0.2) is 4.79 Å². The van der Waals surface area contributed by atoms with Crippen molar-refractivity contribution in [3.05, 3.63) is 133 Å². The molecule has 0 saturated heterocycles. The Kier molecular flexibility index (Phi) is 12.5. The summed E-state index contributed by atoms with van der Waals surface area (Å²) < 4.78 is 95.1. The van der Waals surface area contributed by atoms with Crippen molar-refractivity contribution in [1.82, 2.24) is 0 Å². The number of esters is 1. The van der Waals surface area contributed by atoms with Crippen molar-refractivity contribution in [2.75, 3.05) is 6.61 Å². The number of hydrogen-bond acceptors (Lipinski definition) is 7. The molecule has 0 heterocycles. The Hall–Kier alpha value is -3.86. The largest absolute Gasteiger partial charge is 0.523 e. The lowest BCUT2D eigenvalue weighted by Gasteiger charge is -2.50. The van der Waals surface area contributed by atoms with Crippen molar-refractivity contribution in [3.8, 4) is 0 Å². The molecule has 4 aromatic rings. The first kappa shape index (κ1) is 42.3. The van der Waals surface area contributed by atoms with Gasteiger partial charge in [-0.1, -0.05) is 163 Å². The molecule has 3 atom stereocenters. The van der Waals surface area contributed by atoms with Crippen molar-refractivity contribution < 1.29 is 44.2 Å². The Labute approximate surface area is 324 Å². The normalized spacial score (nSPS) is 18.7. The van der Waals surface area contributed by atoms with Crippen LogP contribution >= 0.6 is 0 Å². The molecule has 0 aromatic heterocycles. The second-order valence-electron chi connectivity index (χ2n) is 15.6. The molecule has 294 valence electrons. The van der Waals surface area contributed by atoms with E-state index in [0.717, 1.165) is 20.7 Å². The summed E-state index contributed by atoms with van der Waals surface area (Å²) in [6.07, 6.45) is -3.77. The molecule has 0 aliphatic heterocycles. The highest BCUT2D eigenvalue weighted by Gasteiger charge is 2.59. The summed E-state index contributed by atoms with van der Waals surface area (Å²) >= 11 is 0. The summed E-state index contributed by atoms with van der Waals surface area (Å²) in [7, 11) is -13.5. The van der Waals surface area contributed by atoms with E-state index in [-0.39, 0.29) is 18.6 Å². The van der Waals surface area contributed by atoms with Gasteiger partial charge in [0.15, 0.2) is 0 Å². The van der Waals surface area contributed by atoms with Crippen molar-refractivity contribution >= 4 is 53.5 Å². The zero-order chi connectivity index (χ0) is 40.3. The van der Waals surface area contributed by atoms with E-state index < -0.39 is 66.6 Å². The Balaban J connectivity index is 1.84. The van der Waals surface area contributed by atoms with E-state index >= 15 is 0 Å². The molecule has 0 amide bonds. The van der Waals surface area contributed by atoms with Crippen LogP contribution in [0.15, 0.2) is 133 Å². The van der Waals surface area contributed by atoms with Gasteiger partial charge < -0.3 is 13.6 Å². The van der Waals surface area contributed by atoms with Crippen LogP contribution in [0.2, 0.25) is 10.1 Å². The zero-order valence-corrected chi connectivity index (χ0v) is 35.0. The van der Waals surface area contributed by atoms with Crippen LogP contribution in [-0.4, -0.2) is 61.4 Å². The zero-order valence-electron chi connectivity index (χ0n) is 32.2. The third-order valence-electron chi connectivity index (χ3n) is 10.0. The number of carbonyl (C=O) groups is 1. The molecule has 1 aliphatic rings. The van der Waals surface area contributed by atoms with Crippen molar-refractivity contribution in [1.29, 1.82) is 0 Å². The average Bonchev–Trinajstić information content (AvgIpc) is 3.13. The van der Waals surface area contributed by atoms with Gasteiger partial charge in [-0.05, 0) is 43.8 Å². The van der Waals surface area contributed by atoms with E-state index in [0.29, 0.717) is 0 Å². The molecule has 0 saturated carbocycles. The van der Waals surface area contributed by atoms with Crippen LogP contribution in [0.4, 0.5) is 13.2 Å². The van der Waals surface area contributed by atoms with Crippen LogP contribution in [0.5, 0.6) is 0 Å². The lowest BCUT2D eigenvalue weighted by Crippen LogP contribution is -2.71. The van der Waals surface area contributed by atoms with Gasteiger partial charge in [0.2, 0.25) is 0 Å². The van der Waals surface area contributed by atoms with E-state index in [1.807, 2.05) is 163 Å². The second kappa shape index (κ2) is 16.3. The highest BCUT2D eigenvalue weighted by atomic mass is 32.2. The number of carbonyl (C=O) groups excluding carboxylic acids is 1. The second-order valence-corrected chi connectivity index (χ2v) is 25.7. The molecule has 4 aromatic carbocycles. The molecule has 0 radical (unpaired) electrons. The van der Waals surface area contributed by atoms with E-state index in [1.54, 1.807) is 6.92 Å². The average molecular weight is 811 g/mol. The number of ether oxygens (including phenoxy) is 1. The van der Waals surface area contributed by atoms with Gasteiger partial charge in [0.05, 0.1) is 18.8 Å². The SMILES string of the molecule is CCOC(=O)C1=C[C@@H](O[Si](c2ccccc2)(c2ccccc2)C(C)(C)C)[C@@H](OS(=O)(=O)C(F)(F)F)[C@@H](O[Si](c2ccccc2)(c2ccccc2)C(C)(C)C)C1. The Morgan fingerprint density at radius 1 is 0.655 bits per heavy atom. The fraction of sp³-hybridized carbons (Fsp3) is 0.357. The van der Waals surface area contributed by atoms with Gasteiger partial charge in [0.25, 0.3) is 16.6 Å². The van der Waals surface area contributed by atoms with Crippen molar-refractivity contribution in [2.45, 2.75) is 88.8 Å². The summed E-state index contributed by atoms with van der Waals surface area (Å²) in [5.74, 6) is -0.716. The highest BCUT2D eigenvalue weighted by molar-refractivity contribution is 7.87. The molecule has 7 nitrogen and oxygen atoms in total. The Bertz CT molecular complexity index is 1950. The fourth-order valence-electron chi connectivity index (χ4n) is 7.62. The predicted octanol–water partition coefficient (Wildman–Crippen LogP) is 7.00. The number of alkyl halides is 3. The first-order valence-corrected chi connectivity index (χ1v) is 23.5. The summed E-state index contributed by atoms with van der Waals surface area (Å²) in [6.45, 7) is 13.6. The molecule has 0 N–H and O–H groups in total. The first-order chi connectivity index (χ1) is 25.8. The molecule has 55 heavy (non-hydrogen) atoms. The van der Waals surface area contributed by atoms with Gasteiger partial charge in [-0.15, -0.1) is 0 Å². The predicted molar refractivity (Wildman–Crippen MR) is 214 cm³/mol. The minimum absolute atomic E-state index is 0.0268. The van der Waals surface area contributed by atoms with Gasteiger partial charge >= 0.3 is 21.6 Å². The van der Waals surface area contributed by atoms with Gasteiger partial charge in [-0.3, -0.25) is 4.18 Å². The molecule has 1 aliphatic carbocycles. The number of halogens is 3. The van der Waals surface area contributed by atoms with Gasteiger partial charge in [0, 0.05) is 12.0 Å². The third-order valence-corrected chi connectivity index (χ3v) is 21.1. The summed E-state index contributed by atoms with van der Waals surface area (Å²) in [5, 5.41) is 1.79. The molecule has 13 heteroatoms. The summed E-state index contributed by atoms with van der Waals surface area (Å²) in [4.78, 5) is 13.7. The monoisotopic (exact) mass is 810 g/mol. The fourth-order valence-corrected chi connectivity index (χ4v) is 17.6. The van der Waals surface area contributed by atoms with E-state index in [1.165, 1.54) is 6.08 Å². The van der Waals surface area contributed by atoms with Crippen LogP contribution in [0.25, 0.3) is 0 Å². The minimum Gasteiger partial charge on any atom is -0.463 e. The van der Waals surface area contributed by atoms with E-state index in [2.05, 4.69) is 0 Å². The van der Waals surface area contributed by atoms with Crippen LogP contribution in [0.1, 0.15) is 54.9 Å². The van der Waals surface area contributed by atoms with Crippen molar-refractivity contribution in [3.63, 3.8) is 0 Å². The maximum absolute atomic E-state index is 14.4. The maximum Gasteiger partial charge on any atom is 0.523 e. The van der Waals surface area contributed by atoms with Crippen LogP contribution in [0, 0.1) is 0 Å². The first-order valence-electron chi connectivity index (χ1n) is 18.2. The molecular formula is C42H49F3O7SSi2. The Morgan fingerprint density at radius 3 is 1.35 bits per heavy atom. The van der Waals surface area contributed by atoms with Crippen LogP contribution in [0.3, 0.4) is 0 Å². The quantitative estimate of drug-likeness (QED) is 0.0660. The molecule has 0 unspecified atom stereocenters. The lowest BCUT2D eigenvalue weighted by molar-refractivity contribution is -0.139. The minimum atomic E-state index is -6.23. The third kappa shape index (κ3) is 8.47. The van der Waals surface area contributed by atoms with Crippen molar-refractivity contribution in [2.24, 2.45) is 0 Å². The molecule has 0 spiro atoms. The number of hydrogen-bond donors (Lipinski definition) is 0. The smallest absolute Gasteiger partial charge is 0.463 e. The standard InChI is InChI=1S/C42H49F3O7SSi2/c1-8-49-39(46)31-29-36(51-54(40(2,3)4,32-21-13-9-14-22-32)33-23-15-10-16-24-33)38(50-53(47,48)42(43,44)45)37(30-31)52-55(41(5,6)7,34-25-17-11-18-26-34)35-27-19-12-20-28-35/h9-29,36-38H,8,30H2,1-7H3/t36-,37+,38-/m1/s1. The highest BCUT2D eigenvalue weighted by Crippen LogP contribution is 2.44. The van der Waals surface area contributed by atoms with Crippen LogP contribution < -0.4 is 20.7 Å². The summed E-state index contributed by atoms with van der Waals surface area (Å²) in [6, 6.07) is 37.5. The molecule has 0 fully saturated rings. The number of benzene rings is 4. The molecule has 0 bridgehead atoms. The lowest BCUT2D eigenvalue weighted by atomic mass is 9.92. The molecular weight excluding hydrogens is 762 g/mol. The van der Waals surface area contributed by atoms with E-state index in [4.69, 9.17) is 17.8 Å². The molecule has 5 rings (SSSR count). The maximum atomic E-state index is 14.4. The van der Waals surface area contributed by atoms with Gasteiger partial charge in [-0.2, -0.15) is 21.6 Å². The summed E-state index contributed by atoms with van der Waals surface area (Å²) in [5.41, 5.74) is -5.68. The van der Waals surface area contributed by atoms with Crippen LogP contribution in [-0.2, 0) is 32.7 Å². The number of rotatable bonds is 12. The topological polar surface area (TPSA) is 88.1 Å². The van der Waals surface area contributed by atoms with Gasteiger partial charge in [0.1, 0.15) is 6.10 Å².